The first-order valence-corrected chi connectivity index (χ1v) is 24.4. The van der Waals surface area contributed by atoms with E-state index in [1.165, 1.54) is 81.0 Å². The normalized spacial score (nSPS) is 20.9. The quantitative estimate of drug-likeness (QED) is 0.123. The maximum atomic E-state index is 7.12. The molecule has 61 heavy (non-hydrogen) atoms. The number of hydrogen-bond acceptors (Lipinski definition) is 2. The van der Waals surface area contributed by atoms with Crippen LogP contribution in [0.5, 0.6) is 0 Å². The van der Waals surface area contributed by atoms with Crippen LogP contribution < -0.4 is 25.6 Å². The van der Waals surface area contributed by atoms with Crippen LogP contribution in [0.25, 0.3) is 33.1 Å². The lowest BCUT2D eigenvalue weighted by molar-refractivity contribution is -0.0419. The van der Waals surface area contributed by atoms with Crippen molar-refractivity contribution in [2.75, 3.05) is 4.90 Å². The van der Waals surface area contributed by atoms with Gasteiger partial charge in [0.25, 0.3) is 0 Å². The third-order valence-corrected chi connectivity index (χ3v) is 20.4. The monoisotopic (exact) mass is 801 g/mol. The summed E-state index contributed by atoms with van der Waals surface area (Å²) in [5.41, 5.74) is 11.4. The number of anilines is 3. The van der Waals surface area contributed by atoms with E-state index in [9.17, 15) is 0 Å². The van der Waals surface area contributed by atoms with Gasteiger partial charge in [0.15, 0.2) is 8.07 Å². The van der Waals surface area contributed by atoms with Gasteiger partial charge in [0.2, 0.25) is 0 Å². The standard InChI is InChI=1S/C58H47NOSi/c1-4-17-44(18-5-1)61(45-19-6-2-7-20-45,46-21-8-3-9-22-46)56-30-16-24-48-49-38-41(31-32-55(49)60-57(48)56)47-23-10-13-27-52(47)59-53-28-14-11-25-50(53)58(51-26-12-15-29-54(51)59)42-34-39-33-40(36-42)37-43(58)35-39/h1-32,38-40,42-43H,33-37H2. The van der Waals surface area contributed by atoms with Crippen molar-refractivity contribution in [3.05, 3.63) is 211 Å². The number of hydrogen-bond donors (Lipinski definition) is 0. The number of nitrogens with zero attached hydrogens (tertiary/aromatic N) is 1. The molecule has 2 nitrogen and oxygen atoms in total. The van der Waals surface area contributed by atoms with Crippen LogP contribution in [0.4, 0.5) is 17.1 Å². The molecule has 2 heterocycles. The van der Waals surface area contributed by atoms with E-state index >= 15 is 0 Å². The van der Waals surface area contributed by atoms with Crippen molar-refractivity contribution in [2.24, 2.45) is 23.7 Å². The summed E-state index contributed by atoms with van der Waals surface area (Å²) in [5.74, 6) is 3.23. The van der Waals surface area contributed by atoms with E-state index in [1.54, 1.807) is 11.1 Å². The molecule has 0 N–H and O–H groups in total. The second-order valence-corrected chi connectivity index (χ2v) is 22.2. The van der Waals surface area contributed by atoms with E-state index in [4.69, 9.17) is 4.42 Å². The highest BCUT2D eigenvalue weighted by atomic mass is 28.3. The summed E-state index contributed by atoms with van der Waals surface area (Å²) in [6, 6.07) is 75.2. The first-order valence-electron chi connectivity index (χ1n) is 22.4. The fourth-order valence-corrected chi connectivity index (χ4v) is 18.5. The fourth-order valence-electron chi connectivity index (χ4n) is 13.6. The first-order chi connectivity index (χ1) is 30.2. The Balaban J connectivity index is 1.00. The molecule has 4 saturated carbocycles. The van der Waals surface area contributed by atoms with Crippen LogP contribution in [0.2, 0.25) is 0 Å². The van der Waals surface area contributed by atoms with Gasteiger partial charge in [-0.25, -0.2) is 0 Å². The van der Waals surface area contributed by atoms with E-state index in [2.05, 4.69) is 205 Å². The van der Waals surface area contributed by atoms with Gasteiger partial charge in [0.05, 0.1) is 17.1 Å². The van der Waals surface area contributed by atoms with E-state index in [1.807, 2.05) is 0 Å². The number of rotatable bonds is 6. The summed E-state index contributed by atoms with van der Waals surface area (Å²) in [7, 11) is -2.83. The molecule has 14 rings (SSSR count). The van der Waals surface area contributed by atoms with Gasteiger partial charge in [-0.1, -0.05) is 170 Å². The van der Waals surface area contributed by atoms with Gasteiger partial charge < -0.3 is 9.32 Å². The van der Waals surface area contributed by atoms with E-state index in [0.717, 1.165) is 33.8 Å². The number of furan rings is 1. The molecular weight excluding hydrogens is 755 g/mol. The highest BCUT2D eigenvalue weighted by Crippen LogP contribution is 2.69. The van der Waals surface area contributed by atoms with Gasteiger partial charge in [0.1, 0.15) is 11.2 Å². The summed E-state index contributed by atoms with van der Waals surface area (Å²) in [6.07, 6.45) is 6.95. The van der Waals surface area contributed by atoms with Crippen LogP contribution in [-0.2, 0) is 5.41 Å². The summed E-state index contributed by atoms with van der Waals surface area (Å²) < 4.78 is 7.12. The van der Waals surface area contributed by atoms with Crippen molar-refractivity contribution < 1.29 is 4.42 Å². The molecule has 4 fully saturated rings. The zero-order chi connectivity index (χ0) is 40.1. The molecule has 8 aromatic carbocycles. The maximum absolute atomic E-state index is 7.12. The fraction of sp³-hybridized carbons (Fsp3) is 0.172. The summed E-state index contributed by atoms with van der Waals surface area (Å²) >= 11 is 0. The Bertz CT molecular complexity index is 2940. The smallest absolute Gasteiger partial charge is 0.184 e. The molecule has 4 aliphatic carbocycles. The predicted molar refractivity (Wildman–Crippen MR) is 255 cm³/mol. The summed E-state index contributed by atoms with van der Waals surface area (Å²) in [4.78, 5) is 2.60. The van der Waals surface area contributed by atoms with Gasteiger partial charge in [0, 0.05) is 21.8 Å². The third kappa shape index (κ3) is 4.96. The zero-order valence-corrected chi connectivity index (χ0v) is 35.3. The van der Waals surface area contributed by atoms with Crippen molar-refractivity contribution in [3.63, 3.8) is 0 Å². The van der Waals surface area contributed by atoms with Crippen molar-refractivity contribution >= 4 is 67.8 Å². The highest BCUT2D eigenvalue weighted by molar-refractivity contribution is 7.20. The van der Waals surface area contributed by atoms with Crippen molar-refractivity contribution in [1.29, 1.82) is 0 Å². The summed E-state index contributed by atoms with van der Waals surface area (Å²) in [6.45, 7) is 0. The molecule has 5 aliphatic rings. The van der Waals surface area contributed by atoms with E-state index in [-0.39, 0.29) is 5.41 Å². The Morgan fingerprint density at radius 1 is 0.443 bits per heavy atom. The second-order valence-electron chi connectivity index (χ2n) is 18.4. The molecule has 4 bridgehead atoms. The molecule has 0 atom stereocenters. The van der Waals surface area contributed by atoms with Crippen LogP contribution in [-0.4, -0.2) is 8.07 Å². The molecule has 0 unspecified atom stereocenters. The molecule has 1 aromatic heterocycles. The van der Waals surface area contributed by atoms with Gasteiger partial charge in [-0.15, -0.1) is 0 Å². The van der Waals surface area contributed by atoms with E-state index < -0.39 is 8.07 Å². The minimum atomic E-state index is -2.83. The van der Waals surface area contributed by atoms with Gasteiger partial charge in [-0.2, -0.15) is 0 Å². The van der Waals surface area contributed by atoms with Gasteiger partial charge in [-0.05, 0) is 124 Å². The molecule has 1 spiro atoms. The topological polar surface area (TPSA) is 16.4 Å². The van der Waals surface area contributed by atoms with Crippen molar-refractivity contribution in [2.45, 2.75) is 37.5 Å². The Hall–Kier alpha value is -6.42. The second kappa shape index (κ2) is 13.5. The molecule has 294 valence electrons. The highest BCUT2D eigenvalue weighted by Gasteiger charge is 2.61. The predicted octanol–water partition coefficient (Wildman–Crippen LogP) is 12.2. The number of fused-ring (bicyclic) bond motifs is 5. The average molecular weight is 802 g/mol. The number of para-hydroxylation sites is 4. The molecule has 1 aliphatic heterocycles. The van der Waals surface area contributed by atoms with Crippen LogP contribution in [0.1, 0.15) is 43.2 Å². The van der Waals surface area contributed by atoms with Crippen LogP contribution in [0, 0.1) is 23.7 Å². The minimum Gasteiger partial charge on any atom is -0.456 e. The minimum absolute atomic E-state index is 0.0795. The Kier molecular flexibility index (Phi) is 7.85. The van der Waals surface area contributed by atoms with Crippen molar-refractivity contribution in [1.82, 2.24) is 0 Å². The van der Waals surface area contributed by atoms with Crippen LogP contribution in [0.3, 0.4) is 0 Å². The molecule has 3 heteroatoms. The van der Waals surface area contributed by atoms with Gasteiger partial charge >= 0.3 is 0 Å². The molecule has 0 amide bonds. The molecular formula is C58H47NOSi. The first kappa shape index (κ1) is 35.3. The third-order valence-electron chi connectivity index (χ3n) is 15.6. The largest absolute Gasteiger partial charge is 0.456 e. The summed E-state index contributed by atoms with van der Waals surface area (Å²) in [5, 5.41) is 7.59. The lowest BCUT2D eigenvalue weighted by Gasteiger charge is -2.64. The Labute approximate surface area is 359 Å². The Morgan fingerprint density at radius 2 is 0.951 bits per heavy atom. The molecule has 0 saturated heterocycles. The lowest BCUT2D eigenvalue weighted by atomic mass is 9.41. The molecule has 0 radical (unpaired) electrons. The van der Waals surface area contributed by atoms with E-state index in [0.29, 0.717) is 11.8 Å². The van der Waals surface area contributed by atoms with Crippen LogP contribution >= 0.6 is 0 Å². The van der Waals surface area contributed by atoms with Crippen LogP contribution in [0.15, 0.2) is 205 Å². The zero-order valence-electron chi connectivity index (χ0n) is 34.3. The molecule has 9 aromatic rings. The Morgan fingerprint density at radius 3 is 1.52 bits per heavy atom. The maximum Gasteiger partial charge on any atom is 0.184 e. The van der Waals surface area contributed by atoms with Gasteiger partial charge in [-0.3, -0.25) is 0 Å². The lowest BCUT2D eigenvalue weighted by Crippen LogP contribution is -2.74. The van der Waals surface area contributed by atoms with Crippen molar-refractivity contribution in [3.8, 4) is 11.1 Å². The SMILES string of the molecule is c1ccc([Si](c2ccccc2)(c2ccccc2)c2cccc3c2oc2ccc(-c4ccccc4N4c5ccccc5C5(c6ccccc64)C4CC6CC(C4)CC5C6)cc23)cc1. The average Bonchev–Trinajstić information content (AvgIpc) is 3.70. The number of benzene rings is 8.